The van der Waals surface area contributed by atoms with Gasteiger partial charge in [0, 0.05) is 26.1 Å². The van der Waals surface area contributed by atoms with E-state index in [0.29, 0.717) is 10.9 Å². The second kappa shape index (κ2) is 6.10. The summed E-state index contributed by atoms with van der Waals surface area (Å²) in [5, 5.41) is 23.0. The van der Waals surface area contributed by atoms with Crippen LogP contribution in [0.4, 0.5) is 21.9 Å². The van der Waals surface area contributed by atoms with Crippen molar-refractivity contribution in [3.8, 4) is 0 Å². The number of nitrogens with two attached hydrogens (primary N) is 1. The van der Waals surface area contributed by atoms with Crippen LogP contribution < -0.4 is 21.3 Å². The third-order valence-corrected chi connectivity index (χ3v) is 3.92. The van der Waals surface area contributed by atoms with Crippen molar-refractivity contribution in [3.05, 3.63) is 12.1 Å². The van der Waals surface area contributed by atoms with Gasteiger partial charge >= 0.3 is 0 Å². The summed E-state index contributed by atoms with van der Waals surface area (Å²) in [6.45, 7) is 3.11. The molecular formula is C12H16N8OS. The maximum atomic E-state index is 11.0. The van der Waals surface area contributed by atoms with Gasteiger partial charge in [-0.2, -0.15) is 0 Å². The molecule has 0 bridgehead atoms. The Labute approximate surface area is 130 Å². The summed E-state index contributed by atoms with van der Waals surface area (Å²) in [7, 11) is 0. The summed E-state index contributed by atoms with van der Waals surface area (Å²) in [4.78, 5) is 13.1. The van der Waals surface area contributed by atoms with Crippen LogP contribution in [0.1, 0.15) is 13.3 Å². The van der Waals surface area contributed by atoms with Crippen LogP contribution in [0.2, 0.25) is 0 Å². The van der Waals surface area contributed by atoms with Gasteiger partial charge in [-0.3, -0.25) is 4.79 Å². The number of nitrogens with one attached hydrogen (secondary N) is 2. The van der Waals surface area contributed by atoms with Gasteiger partial charge in [0.1, 0.15) is 0 Å². The molecule has 9 nitrogen and oxygen atoms in total. The van der Waals surface area contributed by atoms with Crippen molar-refractivity contribution in [2.24, 2.45) is 0 Å². The molecule has 2 aromatic heterocycles. The number of hydrogen-bond donors (Lipinski definition) is 3. The van der Waals surface area contributed by atoms with E-state index in [1.807, 2.05) is 6.07 Å². The van der Waals surface area contributed by atoms with E-state index in [4.69, 9.17) is 5.73 Å². The first-order valence-electron chi connectivity index (χ1n) is 6.82. The minimum Gasteiger partial charge on any atom is -0.374 e. The average molecular weight is 320 g/mol. The van der Waals surface area contributed by atoms with Crippen LogP contribution in [0.3, 0.4) is 0 Å². The highest BCUT2D eigenvalue weighted by Crippen LogP contribution is 2.23. The molecule has 1 aliphatic rings. The second-order valence-corrected chi connectivity index (χ2v) is 5.99. The maximum absolute atomic E-state index is 11.0. The molecular weight excluding hydrogens is 304 g/mol. The van der Waals surface area contributed by atoms with Gasteiger partial charge < -0.3 is 21.3 Å². The number of hydrogen-bond acceptors (Lipinski definition) is 9. The average Bonchev–Trinajstić information content (AvgIpc) is 3.09. The fraction of sp³-hybridized carbons (Fsp3) is 0.417. The van der Waals surface area contributed by atoms with E-state index >= 15 is 0 Å². The van der Waals surface area contributed by atoms with Crippen LogP contribution in [0.25, 0.3) is 0 Å². The Kier molecular flexibility index (Phi) is 4.00. The number of nitrogen functional groups attached to an aromatic ring is 1. The fourth-order valence-corrected chi connectivity index (χ4v) is 2.88. The number of aromatic nitrogens is 4. The van der Waals surface area contributed by atoms with Gasteiger partial charge in [0.15, 0.2) is 11.6 Å². The van der Waals surface area contributed by atoms with Crippen molar-refractivity contribution < 1.29 is 4.79 Å². The van der Waals surface area contributed by atoms with Crippen molar-refractivity contribution in [2.75, 3.05) is 34.4 Å². The molecule has 1 amide bonds. The normalized spacial score (nSPS) is 17.5. The van der Waals surface area contributed by atoms with Crippen LogP contribution in [-0.2, 0) is 4.79 Å². The van der Waals surface area contributed by atoms with Crippen molar-refractivity contribution in [1.82, 2.24) is 20.4 Å². The number of amides is 1. The van der Waals surface area contributed by atoms with Crippen LogP contribution in [0.15, 0.2) is 12.1 Å². The van der Waals surface area contributed by atoms with Gasteiger partial charge in [0.2, 0.25) is 16.2 Å². The molecule has 3 rings (SSSR count). The van der Waals surface area contributed by atoms with E-state index in [-0.39, 0.29) is 11.9 Å². The molecule has 0 aromatic carbocycles. The van der Waals surface area contributed by atoms with Crippen molar-refractivity contribution in [3.63, 3.8) is 0 Å². The standard InChI is InChI=1S/C12H16N8OS/c1-7(21)14-9-2-3-10(17-16-9)20-5-4-8(6-20)15-12-19-18-11(13)22-12/h2-3,8H,4-6H2,1H3,(H2,13,18)(H,15,19)(H,14,16,21)/t8-/m1/s1. The van der Waals surface area contributed by atoms with Gasteiger partial charge in [0.05, 0.1) is 0 Å². The van der Waals surface area contributed by atoms with E-state index in [0.717, 1.165) is 30.5 Å². The molecule has 1 aliphatic heterocycles. The SMILES string of the molecule is CC(=O)Nc1ccc(N2CC[C@@H](Nc3nnc(N)s3)C2)nn1. The fourth-order valence-electron chi connectivity index (χ4n) is 2.29. The van der Waals surface area contributed by atoms with E-state index in [2.05, 4.69) is 35.9 Å². The van der Waals surface area contributed by atoms with Crippen LogP contribution >= 0.6 is 11.3 Å². The van der Waals surface area contributed by atoms with E-state index in [1.54, 1.807) is 6.07 Å². The molecule has 22 heavy (non-hydrogen) atoms. The van der Waals surface area contributed by atoms with Crippen LogP contribution in [0.5, 0.6) is 0 Å². The smallest absolute Gasteiger partial charge is 0.222 e. The van der Waals surface area contributed by atoms with Crippen LogP contribution in [-0.4, -0.2) is 45.4 Å². The Morgan fingerprint density at radius 1 is 1.36 bits per heavy atom. The summed E-state index contributed by atoms with van der Waals surface area (Å²) in [5.74, 6) is 1.08. The predicted molar refractivity (Wildman–Crippen MR) is 84.9 cm³/mol. The minimum atomic E-state index is -0.163. The molecule has 0 unspecified atom stereocenters. The second-order valence-electron chi connectivity index (χ2n) is 4.98. The summed E-state index contributed by atoms with van der Waals surface area (Å²) in [5.41, 5.74) is 5.57. The van der Waals surface area contributed by atoms with Crippen molar-refractivity contribution >= 4 is 39.1 Å². The molecule has 116 valence electrons. The highest BCUT2D eigenvalue weighted by atomic mass is 32.1. The van der Waals surface area contributed by atoms with E-state index in [9.17, 15) is 4.79 Å². The summed E-state index contributed by atoms with van der Waals surface area (Å²) < 4.78 is 0. The summed E-state index contributed by atoms with van der Waals surface area (Å²) in [6, 6.07) is 3.86. The first-order chi connectivity index (χ1) is 10.6. The zero-order valence-corrected chi connectivity index (χ0v) is 12.8. The maximum Gasteiger partial charge on any atom is 0.222 e. The monoisotopic (exact) mass is 320 g/mol. The Balaban J connectivity index is 1.58. The zero-order valence-electron chi connectivity index (χ0n) is 12.0. The summed E-state index contributed by atoms with van der Waals surface area (Å²) in [6.07, 6.45) is 0.967. The lowest BCUT2D eigenvalue weighted by atomic mass is 10.3. The number of rotatable bonds is 4. The Morgan fingerprint density at radius 2 is 2.23 bits per heavy atom. The number of carbonyl (C=O) groups is 1. The van der Waals surface area contributed by atoms with Gasteiger partial charge in [-0.05, 0) is 18.6 Å². The first kappa shape index (κ1) is 14.4. The molecule has 1 saturated heterocycles. The lowest BCUT2D eigenvalue weighted by Gasteiger charge is -2.17. The molecule has 10 heteroatoms. The van der Waals surface area contributed by atoms with Gasteiger partial charge in [0.25, 0.3) is 0 Å². The van der Waals surface area contributed by atoms with Gasteiger partial charge in [-0.15, -0.1) is 20.4 Å². The molecule has 0 aliphatic carbocycles. The minimum absolute atomic E-state index is 0.163. The Morgan fingerprint density at radius 3 is 2.86 bits per heavy atom. The summed E-state index contributed by atoms with van der Waals surface area (Å²) >= 11 is 1.34. The lowest BCUT2D eigenvalue weighted by molar-refractivity contribution is -0.114. The molecule has 0 saturated carbocycles. The molecule has 0 spiro atoms. The highest BCUT2D eigenvalue weighted by molar-refractivity contribution is 7.18. The topological polar surface area (TPSA) is 122 Å². The van der Waals surface area contributed by atoms with Gasteiger partial charge in [-0.1, -0.05) is 11.3 Å². The predicted octanol–water partition coefficient (Wildman–Crippen LogP) is 0.559. The van der Waals surface area contributed by atoms with Crippen molar-refractivity contribution in [2.45, 2.75) is 19.4 Å². The van der Waals surface area contributed by atoms with E-state index < -0.39 is 0 Å². The van der Waals surface area contributed by atoms with Crippen LogP contribution in [0, 0.1) is 0 Å². The molecule has 2 aromatic rings. The molecule has 4 N–H and O–H groups in total. The van der Waals surface area contributed by atoms with E-state index in [1.165, 1.54) is 18.3 Å². The Hall–Kier alpha value is -2.49. The Bertz CT molecular complexity index is 657. The zero-order chi connectivity index (χ0) is 15.5. The number of nitrogens with zero attached hydrogens (tertiary/aromatic N) is 5. The number of carbonyl (C=O) groups excluding carboxylic acids is 1. The lowest BCUT2D eigenvalue weighted by Crippen LogP contribution is -2.26. The number of anilines is 4. The third-order valence-electron chi connectivity index (χ3n) is 3.24. The molecule has 0 radical (unpaired) electrons. The first-order valence-corrected chi connectivity index (χ1v) is 7.63. The van der Waals surface area contributed by atoms with Gasteiger partial charge in [-0.25, -0.2) is 0 Å². The molecule has 3 heterocycles. The molecule has 1 fully saturated rings. The quantitative estimate of drug-likeness (QED) is 0.747. The third kappa shape index (κ3) is 3.39. The van der Waals surface area contributed by atoms with Crippen molar-refractivity contribution in [1.29, 1.82) is 0 Å². The molecule has 1 atom stereocenters. The largest absolute Gasteiger partial charge is 0.374 e. The highest BCUT2D eigenvalue weighted by Gasteiger charge is 2.24.